The van der Waals surface area contributed by atoms with Crippen LogP contribution in [0.15, 0.2) is 48.5 Å². The number of unbranched alkanes of at least 4 members (excludes halogenated alkanes) is 2. The van der Waals surface area contributed by atoms with Gasteiger partial charge in [-0.3, -0.25) is 107 Å². The fourth-order valence-corrected chi connectivity index (χ4v) is 13.4. The SMILES string of the molecule is CC(C)CC(NC(=O)[C@H](CCC(=O)O)NC(=O)C(CC(N)=O)NC(=O)[C@H](CO)NC(=O)C(CO)NC(=O)[C@H](CC(=O)O)NC(=O)C(CC(=O)O)NC(=O)[C@H](CC(=O)O)NC(=O)C(Cc1ccc(O)cc1)NC(=O)[C@H](CC(C)C)NN)C(=O)N[C@@H](CC(C)C)C(=O)NC(CCCCN)C(=O)N[C@@H](CCCCN)C(=O)NC(Cc1ccc(O)cc1)C(=O)N[C@@H](CCCNC(=N)N)C(=O)NC(CO)C(=O)O. The van der Waals surface area contributed by atoms with Gasteiger partial charge in [0.05, 0.1) is 51.5 Å². The molecule has 0 spiro atoms. The molecular formula is C84H133N23O31. The summed E-state index contributed by atoms with van der Waals surface area (Å²) < 4.78 is 0. The third-order valence-electron chi connectivity index (χ3n) is 20.5. The number of carboxylic acids is 5. The van der Waals surface area contributed by atoms with Gasteiger partial charge in [-0.15, -0.1) is 0 Å². The molecule has 54 heteroatoms. The quantitative estimate of drug-likeness (QED) is 0.00961. The molecule has 38 N–H and O–H groups in total. The van der Waals surface area contributed by atoms with Crippen molar-refractivity contribution in [3.63, 3.8) is 0 Å². The Bertz CT molecular complexity index is 4470. The Morgan fingerprint density at radius 1 is 0.304 bits per heavy atom. The van der Waals surface area contributed by atoms with Gasteiger partial charge in [0, 0.05) is 25.8 Å². The number of nitrogens with one attached hydrogen (secondary N) is 18. The van der Waals surface area contributed by atoms with Crippen molar-refractivity contribution in [2.24, 2.45) is 46.5 Å². The van der Waals surface area contributed by atoms with Crippen molar-refractivity contribution in [3.05, 3.63) is 59.7 Å². The number of primary amides is 1. The number of phenolic OH excluding ortho intramolecular Hbond substituents is 2. The van der Waals surface area contributed by atoms with Crippen LogP contribution in [0.5, 0.6) is 11.5 Å². The second kappa shape index (κ2) is 62.5. The molecule has 0 heterocycles. The zero-order chi connectivity index (χ0) is 104. The highest BCUT2D eigenvalue weighted by Crippen LogP contribution is 2.19. The summed E-state index contributed by atoms with van der Waals surface area (Å²) in [4.78, 5) is 286. The van der Waals surface area contributed by atoms with E-state index in [9.17, 15) is 152 Å². The second-order valence-corrected chi connectivity index (χ2v) is 33.6. The lowest BCUT2D eigenvalue weighted by atomic mass is 9.99. The number of nitrogens with two attached hydrogens (primary N) is 5. The molecule has 0 aliphatic rings. The van der Waals surface area contributed by atoms with Gasteiger partial charge >= 0.3 is 29.8 Å². The lowest BCUT2D eigenvalue weighted by Crippen LogP contribution is -2.62. The number of aromatic hydroxyl groups is 2. The molecule has 0 bridgehead atoms. The average Bonchev–Trinajstić information content (AvgIpc) is 0.851. The minimum absolute atomic E-state index is 0.000524. The predicted octanol–water partition coefficient (Wildman–Crippen LogP) is -10.1. The van der Waals surface area contributed by atoms with Gasteiger partial charge in [0.2, 0.25) is 94.5 Å². The van der Waals surface area contributed by atoms with Crippen molar-refractivity contribution in [2.45, 2.75) is 260 Å². The highest BCUT2D eigenvalue weighted by Gasteiger charge is 2.41. The minimum Gasteiger partial charge on any atom is -0.508 e. The highest BCUT2D eigenvalue weighted by molar-refractivity contribution is 6.03. The van der Waals surface area contributed by atoms with Gasteiger partial charge in [-0.1, -0.05) is 65.8 Å². The van der Waals surface area contributed by atoms with E-state index in [4.69, 9.17) is 34.2 Å². The fraction of sp³-hybridized carbons (Fsp3) is 0.595. The number of carbonyl (C=O) groups is 21. The molecular weight excluding hydrogens is 1830 g/mol. The maximum atomic E-state index is 14.7. The number of aliphatic hydroxyl groups is 3. The Morgan fingerprint density at radius 3 is 0.833 bits per heavy atom. The molecule has 0 fully saturated rings. The van der Waals surface area contributed by atoms with E-state index in [2.05, 4.69) is 63.9 Å². The molecule has 770 valence electrons. The first kappa shape index (κ1) is 120. The largest absolute Gasteiger partial charge is 0.508 e. The lowest BCUT2D eigenvalue weighted by Gasteiger charge is -2.29. The summed E-state index contributed by atoms with van der Waals surface area (Å²) in [6.45, 7) is 6.31. The van der Waals surface area contributed by atoms with Crippen molar-refractivity contribution in [2.75, 3.05) is 39.5 Å². The summed E-state index contributed by atoms with van der Waals surface area (Å²) in [7, 11) is 0. The van der Waals surface area contributed by atoms with Crippen LogP contribution in [0.25, 0.3) is 0 Å². The molecule has 16 atom stereocenters. The van der Waals surface area contributed by atoms with Crippen LogP contribution in [0.2, 0.25) is 0 Å². The van der Waals surface area contributed by atoms with E-state index in [0.717, 1.165) is 0 Å². The summed E-state index contributed by atoms with van der Waals surface area (Å²) in [5.74, 6) is -25.3. The number of benzene rings is 2. The first-order chi connectivity index (χ1) is 64.9. The summed E-state index contributed by atoms with van der Waals surface area (Å²) in [5.41, 5.74) is 25.5. The molecule has 2 aromatic carbocycles. The maximum Gasteiger partial charge on any atom is 0.328 e. The average molecular weight is 1960 g/mol. The number of hydrogen-bond donors (Lipinski definition) is 33. The van der Waals surface area contributed by atoms with E-state index < -0.39 is 297 Å². The molecule has 0 saturated carbocycles. The Kier molecular flexibility index (Phi) is 54.4. The van der Waals surface area contributed by atoms with Crippen LogP contribution in [-0.4, -0.2) is 318 Å². The minimum atomic E-state index is -2.39. The molecule has 0 aromatic heterocycles. The second-order valence-electron chi connectivity index (χ2n) is 33.6. The lowest BCUT2D eigenvalue weighted by molar-refractivity contribution is -0.144. The smallest absolute Gasteiger partial charge is 0.328 e. The summed E-state index contributed by atoms with van der Waals surface area (Å²) in [6.07, 6.45) is -7.48. The van der Waals surface area contributed by atoms with Crippen molar-refractivity contribution >= 4 is 130 Å². The van der Waals surface area contributed by atoms with Crippen LogP contribution >= 0.6 is 0 Å². The molecule has 0 radical (unpaired) electrons. The third kappa shape index (κ3) is 46.4. The number of carbonyl (C=O) groups excluding carboxylic acids is 16. The van der Waals surface area contributed by atoms with E-state index in [1.54, 1.807) is 41.5 Å². The molecule has 0 saturated heterocycles. The van der Waals surface area contributed by atoms with Gasteiger partial charge in [0.1, 0.15) is 102 Å². The van der Waals surface area contributed by atoms with Gasteiger partial charge in [0.25, 0.3) is 0 Å². The molecule has 2 rings (SSSR count). The molecule has 54 nitrogen and oxygen atoms in total. The van der Waals surface area contributed by atoms with E-state index >= 15 is 0 Å². The Labute approximate surface area is 792 Å². The van der Waals surface area contributed by atoms with E-state index in [1.807, 2.05) is 26.6 Å². The van der Waals surface area contributed by atoms with E-state index in [-0.39, 0.29) is 114 Å². The van der Waals surface area contributed by atoms with Crippen molar-refractivity contribution in [1.82, 2.24) is 90.5 Å². The molecule has 2 aromatic rings. The zero-order valence-electron chi connectivity index (χ0n) is 77.2. The van der Waals surface area contributed by atoms with Crippen molar-refractivity contribution in [3.8, 4) is 11.5 Å². The van der Waals surface area contributed by atoms with E-state index in [0.29, 0.717) is 17.5 Å². The maximum absolute atomic E-state index is 14.7. The summed E-state index contributed by atoms with van der Waals surface area (Å²) >= 11 is 0. The monoisotopic (exact) mass is 1960 g/mol. The summed E-state index contributed by atoms with van der Waals surface area (Å²) in [6, 6.07) is -19.1. The number of rotatable bonds is 68. The number of aliphatic hydroxyl groups excluding tert-OH is 3. The number of aliphatic carboxylic acids is 5. The Balaban J connectivity index is 2.54. The third-order valence-corrected chi connectivity index (χ3v) is 20.5. The van der Waals surface area contributed by atoms with Crippen LogP contribution in [0.1, 0.15) is 162 Å². The van der Waals surface area contributed by atoms with Crippen LogP contribution in [0.4, 0.5) is 0 Å². The number of carboxylic acid groups (broad SMARTS) is 5. The highest BCUT2D eigenvalue weighted by atomic mass is 16.4. The standard InChI is InChI=1S/C84H133N23O31/c1-40(2)28-51(72(126)93-47(12-7-9-25-85)68(122)92-48(13-8-10-26-86)69(123)98-53(31-43-15-19-45(111)20-16-43)74(128)94-49(14-11-27-91-84(88)89)70(124)106-62(39-110)83(137)138)97-73(127)52(29-41(3)4)96-71(125)50(23-24-64(114)115)95-76(130)55(33-63(87)113)100-81(135)60(37-108)105-82(136)61(38-109)104-79(133)58(36-67(120)121)103-78(132)57(35-66(118)119)102-77(131)56(34-65(116)117)101-75(129)54(32-44-17-21-46(112)22-18-44)99-80(134)59(107-90)30-42(5)6/h15-22,40-42,47-62,107-112H,7-14,23-39,85-86,90H2,1-6H3,(H2,87,113)(H,92,122)(H,93,126)(H,94,128)(H,95,130)(H,96,125)(H,97,127)(H,98,123)(H,99,134)(H,100,135)(H,101,129)(H,102,131)(H,103,132)(H,104,133)(H,105,136)(H,106,124)(H,114,115)(H,116,117)(H,118,119)(H,120,121)(H,137,138)(H4,88,89,91)/t47?,48-,49-,50-,51-,52?,53?,54?,55?,56-,57?,58-,59-,60-,61?,62?/m0/s1. The first-order valence-corrected chi connectivity index (χ1v) is 44.2. The number of hydrogen-bond acceptors (Lipinski definition) is 31. The van der Waals surface area contributed by atoms with E-state index in [1.165, 1.54) is 48.5 Å². The normalized spacial score (nSPS) is 14.6. The molecule has 0 aliphatic carbocycles. The van der Waals surface area contributed by atoms with Gasteiger partial charge in [0.15, 0.2) is 5.96 Å². The molecule has 0 aliphatic heterocycles. The number of phenols is 2. The topological polar surface area (TPSA) is 919 Å². The van der Waals surface area contributed by atoms with Gasteiger partial charge in [-0.25, -0.2) is 10.2 Å². The molecule has 16 amide bonds. The van der Waals surface area contributed by atoms with Crippen LogP contribution in [-0.2, 0) is 114 Å². The van der Waals surface area contributed by atoms with Crippen LogP contribution in [0, 0.1) is 23.2 Å². The van der Waals surface area contributed by atoms with Gasteiger partial charge in [-0.05, 0) is 143 Å². The van der Waals surface area contributed by atoms with Crippen molar-refractivity contribution < 1.29 is 152 Å². The summed E-state index contributed by atoms with van der Waals surface area (Å²) in [5, 5.41) is 143. The number of hydrazine groups is 1. The number of guanidine groups is 1. The number of amides is 16. The first-order valence-electron chi connectivity index (χ1n) is 44.2. The van der Waals surface area contributed by atoms with Gasteiger partial charge < -0.3 is 159 Å². The Morgan fingerprint density at radius 2 is 0.551 bits per heavy atom. The predicted molar refractivity (Wildman–Crippen MR) is 483 cm³/mol. The Hall–Kier alpha value is -14.1. The zero-order valence-corrected chi connectivity index (χ0v) is 77.2. The fourth-order valence-electron chi connectivity index (χ4n) is 13.4. The van der Waals surface area contributed by atoms with Gasteiger partial charge in [-0.2, -0.15) is 0 Å². The molecule has 8 unspecified atom stereocenters. The van der Waals surface area contributed by atoms with Crippen LogP contribution < -0.4 is 119 Å². The van der Waals surface area contributed by atoms with Crippen LogP contribution in [0.3, 0.4) is 0 Å². The van der Waals surface area contributed by atoms with Crippen molar-refractivity contribution in [1.29, 1.82) is 5.41 Å². The molecule has 138 heavy (non-hydrogen) atoms.